The lowest BCUT2D eigenvalue weighted by atomic mass is 9.98. The number of hydrogen-bond donors (Lipinski definition) is 1. The number of urea groups is 1. The maximum absolute atomic E-state index is 12.4. The topological polar surface area (TPSA) is 49.4 Å². The molecule has 1 aromatic carbocycles. The number of hydrogen-bond acceptors (Lipinski definition) is 2. The maximum atomic E-state index is 12.4. The molecule has 1 aliphatic heterocycles. The Morgan fingerprint density at radius 3 is 2.15 bits per heavy atom. The molecule has 1 aliphatic rings. The summed E-state index contributed by atoms with van der Waals surface area (Å²) in [5.74, 6) is 0.0288. The van der Waals surface area contributed by atoms with Crippen molar-refractivity contribution in [1.82, 2.24) is 4.90 Å². The molecule has 4 nitrogen and oxygen atoms in total. The van der Waals surface area contributed by atoms with Gasteiger partial charge in [0.05, 0.1) is 0 Å². The van der Waals surface area contributed by atoms with Crippen LogP contribution >= 0.6 is 0 Å². The van der Waals surface area contributed by atoms with Gasteiger partial charge in [-0.05, 0) is 64.3 Å². The van der Waals surface area contributed by atoms with E-state index in [1.54, 1.807) is 24.3 Å². The molecule has 0 aromatic heterocycles. The van der Waals surface area contributed by atoms with Gasteiger partial charge in [0.1, 0.15) is 0 Å². The van der Waals surface area contributed by atoms with E-state index in [0.717, 1.165) is 18.5 Å². The van der Waals surface area contributed by atoms with Gasteiger partial charge in [-0.1, -0.05) is 0 Å². The SMILES string of the molecule is CC(=O)c1ccc(NC(=O)N2[C@@H](C)CCC[C@@H]2C)cc1. The molecule has 2 atom stereocenters. The molecule has 0 radical (unpaired) electrons. The fourth-order valence-corrected chi connectivity index (χ4v) is 2.80. The van der Waals surface area contributed by atoms with Crippen molar-refractivity contribution in [2.75, 3.05) is 5.32 Å². The monoisotopic (exact) mass is 274 g/mol. The number of ketones is 1. The molecule has 0 aliphatic carbocycles. The molecule has 20 heavy (non-hydrogen) atoms. The number of Topliss-reactive ketones (excluding diaryl/α,β-unsaturated/α-hetero) is 1. The maximum Gasteiger partial charge on any atom is 0.322 e. The smallest absolute Gasteiger partial charge is 0.319 e. The highest BCUT2D eigenvalue weighted by atomic mass is 16.2. The van der Waals surface area contributed by atoms with Crippen LogP contribution in [0.1, 0.15) is 50.4 Å². The predicted molar refractivity (Wildman–Crippen MR) is 80.1 cm³/mol. The zero-order valence-corrected chi connectivity index (χ0v) is 12.3. The average molecular weight is 274 g/mol. The van der Waals surface area contributed by atoms with Crippen LogP contribution < -0.4 is 5.32 Å². The van der Waals surface area contributed by atoms with Gasteiger partial charge in [-0.25, -0.2) is 4.79 Å². The zero-order chi connectivity index (χ0) is 14.7. The molecule has 1 heterocycles. The lowest BCUT2D eigenvalue weighted by Crippen LogP contribution is -2.49. The number of likely N-dealkylation sites (tertiary alicyclic amines) is 1. The van der Waals surface area contributed by atoms with Crippen LogP contribution in [0, 0.1) is 0 Å². The van der Waals surface area contributed by atoms with Gasteiger partial charge in [0.2, 0.25) is 0 Å². The van der Waals surface area contributed by atoms with Crippen molar-refractivity contribution < 1.29 is 9.59 Å². The van der Waals surface area contributed by atoms with E-state index in [4.69, 9.17) is 0 Å². The Labute approximate surface area is 120 Å². The molecule has 0 unspecified atom stereocenters. The number of carbonyl (C=O) groups excluding carboxylic acids is 2. The van der Waals surface area contributed by atoms with Crippen molar-refractivity contribution in [3.05, 3.63) is 29.8 Å². The van der Waals surface area contributed by atoms with E-state index in [-0.39, 0.29) is 23.9 Å². The minimum Gasteiger partial charge on any atom is -0.319 e. The standard InChI is InChI=1S/C16H22N2O2/c1-11-5-4-6-12(2)18(11)16(20)17-15-9-7-14(8-10-15)13(3)19/h7-12H,4-6H2,1-3H3,(H,17,20)/t11-,12-/m0/s1. The molecule has 1 aromatic rings. The van der Waals surface area contributed by atoms with E-state index in [1.165, 1.54) is 13.3 Å². The Bertz CT molecular complexity index is 486. The van der Waals surface area contributed by atoms with E-state index in [0.29, 0.717) is 5.56 Å². The van der Waals surface area contributed by atoms with Gasteiger partial charge in [0.15, 0.2) is 5.78 Å². The van der Waals surface area contributed by atoms with Gasteiger partial charge in [0, 0.05) is 23.3 Å². The lowest BCUT2D eigenvalue weighted by Gasteiger charge is -2.38. The highest BCUT2D eigenvalue weighted by Crippen LogP contribution is 2.23. The van der Waals surface area contributed by atoms with Crippen LogP contribution in [-0.4, -0.2) is 28.8 Å². The van der Waals surface area contributed by atoms with Crippen molar-refractivity contribution in [1.29, 1.82) is 0 Å². The Morgan fingerprint density at radius 2 is 1.65 bits per heavy atom. The summed E-state index contributed by atoms with van der Waals surface area (Å²) in [4.78, 5) is 25.5. The van der Waals surface area contributed by atoms with Crippen molar-refractivity contribution >= 4 is 17.5 Å². The predicted octanol–water partition coefficient (Wildman–Crippen LogP) is 3.68. The van der Waals surface area contributed by atoms with E-state index in [1.807, 2.05) is 4.90 Å². The molecule has 4 heteroatoms. The fraction of sp³-hybridized carbons (Fsp3) is 0.500. The molecule has 2 rings (SSSR count). The Morgan fingerprint density at radius 1 is 1.10 bits per heavy atom. The Kier molecular flexibility index (Phi) is 4.42. The van der Waals surface area contributed by atoms with E-state index < -0.39 is 0 Å². The second kappa shape index (κ2) is 6.07. The molecule has 108 valence electrons. The van der Waals surface area contributed by atoms with Crippen LogP contribution in [0.25, 0.3) is 0 Å². The van der Waals surface area contributed by atoms with E-state index >= 15 is 0 Å². The van der Waals surface area contributed by atoms with Crippen LogP contribution in [0.4, 0.5) is 10.5 Å². The second-order valence-corrected chi connectivity index (χ2v) is 5.60. The molecule has 1 fully saturated rings. The first kappa shape index (κ1) is 14.6. The Hall–Kier alpha value is -1.84. The third-order valence-corrected chi connectivity index (χ3v) is 3.97. The van der Waals surface area contributed by atoms with Gasteiger partial charge in [-0.15, -0.1) is 0 Å². The number of nitrogens with one attached hydrogen (secondary N) is 1. The Balaban J connectivity index is 2.05. The number of benzene rings is 1. The molecular formula is C16H22N2O2. The van der Waals surface area contributed by atoms with Gasteiger partial charge in [-0.2, -0.15) is 0 Å². The van der Waals surface area contributed by atoms with Crippen LogP contribution in [0.15, 0.2) is 24.3 Å². The summed E-state index contributed by atoms with van der Waals surface area (Å²) in [7, 11) is 0. The summed E-state index contributed by atoms with van der Waals surface area (Å²) < 4.78 is 0. The van der Waals surface area contributed by atoms with Gasteiger partial charge in [-0.3, -0.25) is 4.79 Å². The zero-order valence-electron chi connectivity index (χ0n) is 12.3. The molecule has 0 saturated carbocycles. The minimum absolute atomic E-state index is 0.0288. The lowest BCUT2D eigenvalue weighted by molar-refractivity contribution is 0.101. The van der Waals surface area contributed by atoms with Crippen LogP contribution in [0.2, 0.25) is 0 Å². The van der Waals surface area contributed by atoms with Crippen LogP contribution in [-0.2, 0) is 0 Å². The largest absolute Gasteiger partial charge is 0.322 e. The molecule has 2 amide bonds. The third kappa shape index (κ3) is 3.18. The average Bonchev–Trinajstić information content (AvgIpc) is 2.39. The fourth-order valence-electron chi connectivity index (χ4n) is 2.80. The first-order chi connectivity index (χ1) is 9.49. The van der Waals surface area contributed by atoms with Gasteiger partial charge in [0.25, 0.3) is 0 Å². The highest BCUT2D eigenvalue weighted by Gasteiger charge is 2.28. The first-order valence-corrected chi connectivity index (χ1v) is 7.19. The van der Waals surface area contributed by atoms with Gasteiger partial charge >= 0.3 is 6.03 Å². The number of anilines is 1. The third-order valence-electron chi connectivity index (χ3n) is 3.97. The quantitative estimate of drug-likeness (QED) is 0.836. The number of nitrogens with zero attached hydrogens (tertiary/aromatic N) is 1. The van der Waals surface area contributed by atoms with Crippen molar-refractivity contribution in [3.63, 3.8) is 0 Å². The molecule has 0 spiro atoms. The number of rotatable bonds is 2. The summed E-state index contributed by atoms with van der Waals surface area (Å²) in [6.45, 7) is 5.72. The first-order valence-electron chi connectivity index (χ1n) is 7.19. The summed E-state index contributed by atoms with van der Waals surface area (Å²) >= 11 is 0. The summed E-state index contributed by atoms with van der Waals surface area (Å²) in [5, 5.41) is 2.91. The minimum atomic E-state index is -0.0553. The second-order valence-electron chi connectivity index (χ2n) is 5.60. The number of carbonyl (C=O) groups is 2. The molecule has 0 bridgehead atoms. The highest BCUT2D eigenvalue weighted by molar-refractivity contribution is 5.95. The van der Waals surface area contributed by atoms with Gasteiger partial charge < -0.3 is 10.2 Å². The molecule has 1 saturated heterocycles. The molecule has 1 N–H and O–H groups in total. The van der Waals surface area contributed by atoms with Crippen LogP contribution in [0.3, 0.4) is 0 Å². The number of amides is 2. The normalized spacial score (nSPS) is 22.4. The van der Waals surface area contributed by atoms with Crippen LogP contribution in [0.5, 0.6) is 0 Å². The number of piperidine rings is 1. The summed E-state index contributed by atoms with van der Waals surface area (Å²) in [6.07, 6.45) is 3.29. The summed E-state index contributed by atoms with van der Waals surface area (Å²) in [5.41, 5.74) is 1.38. The van der Waals surface area contributed by atoms with Crippen molar-refractivity contribution in [3.8, 4) is 0 Å². The van der Waals surface area contributed by atoms with Crippen molar-refractivity contribution in [2.45, 2.75) is 52.1 Å². The molecular weight excluding hydrogens is 252 g/mol. The van der Waals surface area contributed by atoms with E-state index in [2.05, 4.69) is 19.2 Å². The van der Waals surface area contributed by atoms with Crippen molar-refractivity contribution in [2.24, 2.45) is 0 Å². The van der Waals surface area contributed by atoms with E-state index in [9.17, 15) is 9.59 Å². The summed E-state index contributed by atoms with van der Waals surface area (Å²) in [6, 6.07) is 7.51.